The Labute approximate surface area is 137 Å². The number of halogens is 1. The largest absolute Gasteiger partial charge is 0.375 e. The zero-order valence-electron chi connectivity index (χ0n) is 13.2. The van der Waals surface area contributed by atoms with Gasteiger partial charge in [0.1, 0.15) is 0 Å². The van der Waals surface area contributed by atoms with Crippen LogP contribution in [-0.2, 0) is 9.47 Å². The summed E-state index contributed by atoms with van der Waals surface area (Å²) < 4.78 is 13.6. The Morgan fingerprint density at radius 1 is 1.20 bits per heavy atom. The van der Waals surface area contributed by atoms with E-state index in [1.165, 1.54) is 32.1 Å². The monoisotopic (exact) mass is 392 g/mol. The van der Waals surface area contributed by atoms with E-state index in [9.17, 15) is 0 Å². The lowest BCUT2D eigenvalue weighted by atomic mass is 9.75. The molecule has 1 saturated carbocycles. The van der Waals surface area contributed by atoms with E-state index < -0.39 is 0 Å². The van der Waals surface area contributed by atoms with Gasteiger partial charge in [-0.3, -0.25) is 0 Å². The molecule has 0 aromatic heterocycles. The van der Waals surface area contributed by atoms with Gasteiger partial charge in [0, 0.05) is 17.0 Å². The second-order valence-electron chi connectivity index (χ2n) is 7.73. The SMILES string of the molecule is CC(C)[C@]12C[C@@H](OCC3CCCCC3)[C@](C)(C[C@@H]1I)O2. The van der Waals surface area contributed by atoms with Crippen LogP contribution in [0.25, 0.3) is 0 Å². The van der Waals surface area contributed by atoms with Gasteiger partial charge in [-0.25, -0.2) is 0 Å². The molecule has 2 saturated heterocycles. The molecule has 20 heavy (non-hydrogen) atoms. The van der Waals surface area contributed by atoms with E-state index >= 15 is 0 Å². The zero-order chi connectivity index (χ0) is 14.4. The third kappa shape index (κ3) is 2.56. The third-order valence-corrected chi connectivity index (χ3v) is 7.45. The fraction of sp³-hybridized carbons (Fsp3) is 1.00. The zero-order valence-corrected chi connectivity index (χ0v) is 15.3. The van der Waals surface area contributed by atoms with Crippen LogP contribution in [-0.4, -0.2) is 27.8 Å². The van der Waals surface area contributed by atoms with Crippen molar-refractivity contribution < 1.29 is 9.47 Å². The van der Waals surface area contributed by atoms with Crippen molar-refractivity contribution in [2.75, 3.05) is 6.61 Å². The summed E-state index contributed by atoms with van der Waals surface area (Å²) in [5.41, 5.74) is 0.0251. The van der Waals surface area contributed by atoms with E-state index in [0.717, 1.165) is 25.4 Å². The van der Waals surface area contributed by atoms with Gasteiger partial charge in [0.2, 0.25) is 0 Å². The highest BCUT2D eigenvalue weighted by Crippen LogP contribution is 2.57. The number of hydrogen-bond acceptors (Lipinski definition) is 2. The van der Waals surface area contributed by atoms with Gasteiger partial charge in [-0.2, -0.15) is 0 Å². The number of ether oxygens (including phenoxy) is 2. The molecule has 2 bridgehead atoms. The van der Waals surface area contributed by atoms with Crippen LogP contribution in [0.3, 0.4) is 0 Å². The van der Waals surface area contributed by atoms with Gasteiger partial charge in [-0.05, 0) is 38.0 Å². The maximum atomic E-state index is 6.54. The molecule has 116 valence electrons. The molecule has 0 aromatic carbocycles. The van der Waals surface area contributed by atoms with Crippen molar-refractivity contribution in [3.8, 4) is 0 Å². The summed E-state index contributed by atoms with van der Waals surface area (Å²) in [7, 11) is 0. The van der Waals surface area contributed by atoms with Gasteiger partial charge >= 0.3 is 0 Å². The molecule has 2 heterocycles. The molecule has 0 amide bonds. The second-order valence-corrected chi connectivity index (χ2v) is 9.23. The highest BCUT2D eigenvalue weighted by atomic mass is 127. The summed E-state index contributed by atoms with van der Waals surface area (Å²) in [6.45, 7) is 7.85. The molecular formula is C17H29IO2. The van der Waals surface area contributed by atoms with Crippen LogP contribution in [0.5, 0.6) is 0 Å². The molecule has 2 nitrogen and oxygen atoms in total. The molecule has 3 heteroatoms. The first-order chi connectivity index (χ1) is 9.46. The average molecular weight is 392 g/mol. The molecule has 0 N–H and O–H groups in total. The first-order valence-corrected chi connectivity index (χ1v) is 9.67. The minimum atomic E-state index is -0.0369. The van der Waals surface area contributed by atoms with Gasteiger partial charge in [0.15, 0.2) is 0 Å². The lowest BCUT2D eigenvalue weighted by Gasteiger charge is -2.36. The van der Waals surface area contributed by atoms with E-state index in [1.54, 1.807) is 0 Å². The van der Waals surface area contributed by atoms with Crippen molar-refractivity contribution >= 4 is 22.6 Å². The molecule has 4 atom stereocenters. The Morgan fingerprint density at radius 3 is 2.50 bits per heavy atom. The van der Waals surface area contributed by atoms with Gasteiger partial charge in [0.25, 0.3) is 0 Å². The maximum Gasteiger partial charge on any atom is 0.0935 e. The summed E-state index contributed by atoms with van der Waals surface area (Å²) >= 11 is 2.60. The standard InChI is InChI=1S/C17H29IO2/c1-12(2)17-10-15(16(3,20-17)9-14(17)18)19-11-13-7-5-4-6-8-13/h12-15H,4-11H2,1-3H3/t14-,15+,16-,17+/m0/s1. The van der Waals surface area contributed by atoms with Crippen molar-refractivity contribution in [2.45, 2.75) is 86.9 Å². The summed E-state index contributed by atoms with van der Waals surface area (Å²) in [4.78, 5) is 0. The van der Waals surface area contributed by atoms with Crippen LogP contribution in [0.4, 0.5) is 0 Å². The molecule has 3 rings (SSSR count). The molecule has 2 aliphatic heterocycles. The minimum absolute atomic E-state index is 0.0369. The highest BCUT2D eigenvalue weighted by Gasteiger charge is 2.65. The average Bonchev–Trinajstić information content (AvgIpc) is 2.85. The first kappa shape index (κ1) is 15.5. The quantitative estimate of drug-likeness (QED) is 0.509. The summed E-state index contributed by atoms with van der Waals surface area (Å²) in [6.07, 6.45) is 9.54. The number of rotatable bonds is 4. The van der Waals surface area contributed by atoms with Crippen molar-refractivity contribution in [3.63, 3.8) is 0 Å². The summed E-state index contributed by atoms with van der Waals surface area (Å²) in [5, 5.41) is 0. The lowest BCUT2D eigenvalue weighted by molar-refractivity contribution is -0.0973. The normalized spacial score (nSPS) is 45.5. The van der Waals surface area contributed by atoms with Crippen LogP contribution in [0.15, 0.2) is 0 Å². The fourth-order valence-corrected chi connectivity index (χ4v) is 6.47. The van der Waals surface area contributed by atoms with Gasteiger partial charge in [0.05, 0.1) is 17.3 Å². The number of hydrogen-bond donors (Lipinski definition) is 0. The predicted octanol–water partition coefficient (Wildman–Crippen LogP) is 4.73. The van der Waals surface area contributed by atoms with Crippen molar-refractivity contribution in [3.05, 3.63) is 0 Å². The predicted molar refractivity (Wildman–Crippen MR) is 90.4 cm³/mol. The molecule has 3 aliphatic rings. The smallest absolute Gasteiger partial charge is 0.0935 e. The van der Waals surface area contributed by atoms with Gasteiger partial charge in [-0.1, -0.05) is 55.7 Å². The topological polar surface area (TPSA) is 18.5 Å². The minimum Gasteiger partial charge on any atom is -0.375 e. The number of fused-ring (bicyclic) bond motifs is 2. The van der Waals surface area contributed by atoms with E-state index in [-0.39, 0.29) is 11.2 Å². The van der Waals surface area contributed by atoms with Crippen molar-refractivity contribution in [1.82, 2.24) is 0 Å². The van der Waals surface area contributed by atoms with Crippen LogP contribution >= 0.6 is 22.6 Å². The molecule has 1 aliphatic carbocycles. The molecule has 0 unspecified atom stereocenters. The van der Waals surface area contributed by atoms with E-state index in [0.29, 0.717) is 15.9 Å². The van der Waals surface area contributed by atoms with Crippen LogP contribution in [0.1, 0.15) is 65.7 Å². The van der Waals surface area contributed by atoms with Crippen LogP contribution < -0.4 is 0 Å². The molecule has 0 spiro atoms. The summed E-state index contributed by atoms with van der Waals surface area (Å²) in [5.74, 6) is 1.38. The van der Waals surface area contributed by atoms with Crippen LogP contribution in [0, 0.1) is 11.8 Å². The van der Waals surface area contributed by atoms with E-state index in [1.807, 2.05) is 0 Å². The maximum absolute atomic E-state index is 6.54. The van der Waals surface area contributed by atoms with Crippen molar-refractivity contribution in [1.29, 1.82) is 0 Å². The third-order valence-electron chi connectivity index (χ3n) is 5.96. The van der Waals surface area contributed by atoms with Crippen LogP contribution in [0.2, 0.25) is 0 Å². The summed E-state index contributed by atoms with van der Waals surface area (Å²) in [6, 6.07) is 0. The second kappa shape index (κ2) is 5.69. The fourth-order valence-electron chi connectivity index (χ4n) is 4.50. The van der Waals surface area contributed by atoms with E-state index in [2.05, 4.69) is 43.4 Å². The Morgan fingerprint density at radius 2 is 1.90 bits per heavy atom. The van der Waals surface area contributed by atoms with E-state index in [4.69, 9.17) is 9.47 Å². The number of alkyl halides is 1. The molecule has 0 aromatic rings. The van der Waals surface area contributed by atoms with Gasteiger partial charge < -0.3 is 9.47 Å². The molecular weight excluding hydrogens is 363 g/mol. The lowest BCUT2D eigenvalue weighted by Crippen LogP contribution is -2.45. The molecule has 0 radical (unpaired) electrons. The Bertz CT molecular complexity index is 353. The Kier molecular flexibility index (Phi) is 4.42. The Hall–Kier alpha value is 0.650. The van der Waals surface area contributed by atoms with Gasteiger partial charge in [-0.15, -0.1) is 0 Å². The highest BCUT2D eigenvalue weighted by molar-refractivity contribution is 14.1. The Balaban J connectivity index is 1.61. The van der Waals surface area contributed by atoms with Crippen molar-refractivity contribution in [2.24, 2.45) is 11.8 Å². The first-order valence-electron chi connectivity index (χ1n) is 8.42. The molecule has 3 fully saturated rings.